The van der Waals surface area contributed by atoms with E-state index in [0.717, 1.165) is 37.6 Å². The van der Waals surface area contributed by atoms with Crippen molar-refractivity contribution in [2.45, 2.75) is 39.0 Å². The molecular formula is C20H34IN3O3. The summed E-state index contributed by atoms with van der Waals surface area (Å²) in [6.45, 7) is 5.21. The number of phenols is 1. The van der Waals surface area contributed by atoms with Crippen LogP contribution < -0.4 is 15.4 Å². The van der Waals surface area contributed by atoms with Gasteiger partial charge in [-0.05, 0) is 49.7 Å². The molecule has 27 heavy (non-hydrogen) atoms. The van der Waals surface area contributed by atoms with E-state index in [-0.39, 0.29) is 29.7 Å². The summed E-state index contributed by atoms with van der Waals surface area (Å²) in [4.78, 5) is 4.80. The van der Waals surface area contributed by atoms with Gasteiger partial charge in [-0.2, -0.15) is 0 Å². The fraction of sp³-hybridized carbons (Fsp3) is 0.650. The van der Waals surface area contributed by atoms with Gasteiger partial charge in [0.2, 0.25) is 0 Å². The molecule has 1 saturated carbocycles. The summed E-state index contributed by atoms with van der Waals surface area (Å²) in [6.07, 6.45) is 5.53. The van der Waals surface area contributed by atoms with Crippen molar-refractivity contribution >= 4 is 29.9 Å². The molecule has 0 aromatic heterocycles. The van der Waals surface area contributed by atoms with E-state index in [1.54, 1.807) is 20.3 Å². The van der Waals surface area contributed by atoms with E-state index in [1.807, 2.05) is 12.1 Å². The van der Waals surface area contributed by atoms with E-state index in [2.05, 4.69) is 17.6 Å². The van der Waals surface area contributed by atoms with Crippen molar-refractivity contribution in [3.8, 4) is 11.5 Å². The molecule has 6 nitrogen and oxygen atoms in total. The van der Waals surface area contributed by atoms with Crippen molar-refractivity contribution in [3.63, 3.8) is 0 Å². The zero-order chi connectivity index (χ0) is 18.8. The average Bonchev–Trinajstić information content (AvgIpc) is 2.62. The van der Waals surface area contributed by atoms with Gasteiger partial charge in [-0.25, -0.2) is 0 Å². The van der Waals surface area contributed by atoms with Crippen LogP contribution in [0.4, 0.5) is 0 Å². The lowest BCUT2D eigenvalue weighted by Crippen LogP contribution is -2.41. The highest BCUT2D eigenvalue weighted by Crippen LogP contribution is 2.44. The maximum atomic E-state index is 10.2. The molecule has 0 heterocycles. The quantitative estimate of drug-likeness (QED) is 0.266. The second-order valence-electron chi connectivity index (χ2n) is 6.94. The minimum Gasteiger partial charge on any atom is -0.504 e. The van der Waals surface area contributed by atoms with Crippen molar-refractivity contribution in [3.05, 3.63) is 23.8 Å². The van der Waals surface area contributed by atoms with Gasteiger partial charge in [-0.15, -0.1) is 24.0 Å². The van der Waals surface area contributed by atoms with Gasteiger partial charge >= 0.3 is 0 Å². The van der Waals surface area contributed by atoms with Crippen molar-refractivity contribution in [2.24, 2.45) is 10.4 Å². The Hall–Kier alpha value is -1.22. The molecule has 0 atom stereocenters. The first-order chi connectivity index (χ1) is 12.6. The lowest BCUT2D eigenvalue weighted by Gasteiger charge is -2.40. The molecule has 1 aliphatic rings. The van der Waals surface area contributed by atoms with Crippen molar-refractivity contribution in [2.75, 3.05) is 40.5 Å². The second-order valence-corrected chi connectivity index (χ2v) is 6.94. The SMILES string of the molecule is CCNC(=NCC1(CCOC)CCC1)NCCc1cccc(OC)c1O.I. The summed E-state index contributed by atoms with van der Waals surface area (Å²) in [5.74, 6) is 1.55. The summed E-state index contributed by atoms with van der Waals surface area (Å²) in [7, 11) is 3.32. The van der Waals surface area contributed by atoms with Crippen LogP contribution in [0, 0.1) is 5.41 Å². The summed E-state index contributed by atoms with van der Waals surface area (Å²) >= 11 is 0. The number of phenolic OH excluding ortho intramolecular Hbond substituents is 1. The number of hydrogen-bond donors (Lipinski definition) is 3. The predicted octanol–water partition coefficient (Wildman–Crippen LogP) is 3.32. The Morgan fingerprint density at radius 3 is 2.63 bits per heavy atom. The number of benzene rings is 1. The Kier molecular flexibility index (Phi) is 10.8. The Balaban J connectivity index is 0.00000364. The van der Waals surface area contributed by atoms with Gasteiger partial charge in [-0.1, -0.05) is 18.6 Å². The number of ether oxygens (including phenoxy) is 2. The fourth-order valence-corrected chi connectivity index (χ4v) is 3.32. The number of nitrogens with zero attached hydrogens (tertiary/aromatic N) is 1. The third-order valence-corrected chi connectivity index (χ3v) is 5.16. The molecule has 0 unspecified atom stereocenters. The van der Waals surface area contributed by atoms with Crippen LogP contribution in [0.3, 0.4) is 0 Å². The Bertz CT molecular complexity index is 592. The van der Waals surface area contributed by atoms with Crippen LogP contribution in [0.5, 0.6) is 11.5 Å². The first kappa shape index (κ1) is 23.8. The van der Waals surface area contributed by atoms with E-state index < -0.39 is 0 Å². The van der Waals surface area contributed by atoms with Crippen LogP contribution in [0.25, 0.3) is 0 Å². The number of rotatable bonds is 10. The molecule has 0 radical (unpaired) electrons. The molecule has 1 aromatic rings. The lowest BCUT2D eigenvalue weighted by atomic mass is 9.67. The molecule has 0 bridgehead atoms. The third-order valence-electron chi connectivity index (χ3n) is 5.16. The van der Waals surface area contributed by atoms with Gasteiger partial charge in [0.25, 0.3) is 0 Å². The molecule has 1 fully saturated rings. The third kappa shape index (κ3) is 7.03. The minimum absolute atomic E-state index is 0. The molecule has 2 rings (SSSR count). The molecule has 0 amide bonds. The molecule has 0 aliphatic heterocycles. The van der Waals surface area contributed by atoms with E-state index in [0.29, 0.717) is 24.1 Å². The van der Waals surface area contributed by atoms with Crippen molar-refractivity contribution < 1.29 is 14.6 Å². The summed E-state index contributed by atoms with van der Waals surface area (Å²) in [5.41, 5.74) is 1.17. The maximum Gasteiger partial charge on any atom is 0.191 e. The Labute approximate surface area is 180 Å². The van der Waals surface area contributed by atoms with Crippen LogP contribution in [-0.4, -0.2) is 51.5 Å². The standard InChI is InChI=1S/C20H33N3O3.HI/c1-4-21-19(23-15-20(10-6-11-20)12-14-25-2)22-13-9-16-7-5-8-17(26-3)18(16)24;/h5,7-8,24H,4,6,9-15H2,1-3H3,(H2,21,22,23);1H. The first-order valence-electron chi connectivity index (χ1n) is 9.50. The van der Waals surface area contributed by atoms with Crippen LogP contribution in [0.15, 0.2) is 23.2 Å². The number of aromatic hydroxyl groups is 1. The van der Waals surface area contributed by atoms with E-state index in [1.165, 1.54) is 19.3 Å². The number of hydrogen-bond acceptors (Lipinski definition) is 4. The first-order valence-corrected chi connectivity index (χ1v) is 9.50. The van der Waals surface area contributed by atoms with Gasteiger partial charge in [0.1, 0.15) is 0 Å². The number of para-hydroxylation sites is 1. The molecule has 1 aliphatic carbocycles. The van der Waals surface area contributed by atoms with E-state index in [4.69, 9.17) is 14.5 Å². The summed E-state index contributed by atoms with van der Waals surface area (Å²) < 4.78 is 10.4. The number of nitrogens with one attached hydrogen (secondary N) is 2. The molecule has 0 saturated heterocycles. The van der Waals surface area contributed by atoms with Crippen molar-refractivity contribution in [1.29, 1.82) is 0 Å². The van der Waals surface area contributed by atoms with E-state index in [9.17, 15) is 5.11 Å². The summed E-state index contributed by atoms with van der Waals surface area (Å²) in [6, 6.07) is 5.57. The van der Waals surface area contributed by atoms with Gasteiger partial charge in [-0.3, -0.25) is 4.99 Å². The zero-order valence-corrected chi connectivity index (χ0v) is 19.0. The van der Waals surface area contributed by atoms with Crippen LogP contribution in [-0.2, 0) is 11.2 Å². The smallest absolute Gasteiger partial charge is 0.191 e. The van der Waals surface area contributed by atoms with Crippen molar-refractivity contribution in [1.82, 2.24) is 10.6 Å². The zero-order valence-electron chi connectivity index (χ0n) is 16.7. The fourth-order valence-electron chi connectivity index (χ4n) is 3.32. The number of guanidine groups is 1. The topological polar surface area (TPSA) is 75.1 Å². The normalized spacial score (nSPS) is 15.4. The monoisotopic (exact) mass is 491 g/mol. The van der Waals surface area contributed by atoms with Crippen LogP contribution >= 0.6 is 24.0 Å². The highest BCUT2D eigenvalue weighted by molar-refractivity contribution is 14.0. The van der Waals surface area contributed by atoms with E-state index >= 15 is 0 Å². The Morgan fingerprint density at radius 2 is 2.04 bits per heavy atom. The molecule has 1 aromatic carbocycles. The maximum absolute atomic E-state index is 10.2. The Morgan fingerprint density at radius 1 is 1.26 bits per heavy atom. The van der Waals surface area contributed by atoms with Gasteiger partial charge in [0.15, 0.2) is 17.5 Å². The number of aliphatic imine (C=N–C) groups is 1. The van der Waals surface area contributed by atoms with Crippen LogP contribution in [0.1, 0.15) is 38.2 Å². The largest absolute Gasteiger partial charge is 0.504 e. The molecule has 0 spiro atoms. The number of halogens is 1. The molecular weight excluding hydrogens is 457 g/mol. The van der Waals surface area contributed by atoms with Gasteiger partial charge < -0.3 is 25.2 Å². The minimum atomic E-state index is 0. The van der Waals surface area contributed by atoms with Crippen LogP contribution in [0.2, 0.25) is 0 Å². The average molecular weight is 491 g/mol. The molecule has 154 valence electrons. The lowest BCUT2D eigenvalue weighted by molar-refractivity contribution is 0.0778. The highest BCUT2D eigenvalue weighted by atomic mass is 127. The molecule has 7 heteroatoms. The molecule has 3 N–H and O–H groups in total. The number of methoxy groups -OCH3 is 2. The van der Waals surface area contributed by atoms with Gasteiger partial charge in [0.05, 0.1) is 7.11 Å². The summed E-state index contributed by atoms with van der Waals surface area (Å²) in [5, 5.41) is 16.8. The highest BCUT2D eigenvalue weighted by Gasteiger charge is 2.36. The van der Waals surface area contributed by atoms with Gasteiger partial charge in [0, 0.05) is 33.4 Å². The second kappa shape index (κ2) is 12.3. The predicted molar refractivity (Wildman–Crippen MR) is 121 cm³/mol.